The zero-order valence-corrected chi connectivity index (χ0v) is 8.44. The average molecular weight is 176 g/mol. The Balaban J connectivity index is 3.49. The van der Waals surface area contributed by atoms with Crippen LogP contribution in [-0.4, -0.2) is 43.8 Å². The van der Waals surface area contributed by atoms with Crippen LogP contribution in [0.3, 0.4) is 0 Å². The molecule has 0 heterocycles. The molecule has 0 saturated heterocycles. The van der Waals surface area contributed by atoms with Gasteiger partial charge in [0.1, 0.15) is 6.67 Å². The third-order valence-electron chi connectivity index (χ3n) is 1.93. The first-order chi connectivity index (χ1) is 5.72. The van der Waals surface area contributed by atoms with Crippen molar-refractivity contribution in [2.24, 2.45) is 0 Å². The summed E-state index contributed by atoms with van der Waals surface area (Å²) in [5, 5.41) is 3.23. The lowest BCUT2D eigenvalue weighted by Gasteiger charge is -2.24. The van der Waals surface area contributed by atoms with Gasteiger partial charge in [-0.05, 0) is 20.4 Å². The Morgan fingerprint density at radius 1 is 1.33 bits per heavy atom. The number of hydrogen-bond acceptors (Lipinski definition) is 2. The molecule has 0 aromatic heterocycles. The van der Waals surface area contributed by atoms with Crippen molar-refractivity contribution in [3.8, 4) is 0 Å². The van der Waals surface area contributed by atoms with Crippen LogP contribution in [-0.2, 0) is 0 Å². The minimum Gasteiger partial charge on any atom is -0.316 e. The first-order valence-electron chi connectivity index (χ1n) is 4.73. The lowest BCUT2D eigenvalue weighted by molar-refractivity contribution is 0.204. The second kappa shape index (κ2) is 7.50. The predicted octanol–water partition coefficient (Wildman–Crippen LogP) is 1.28. The quantitative estimate of drug-likeness (QED) is 0.588. The van der Waals surface area contributed by atoms with Crippen LogP contribution < -0.4 is 5.32 Å². The average Bonchev–Trinajstić information content (AvgIpc) is 2.03. The zero-order chi connectivity index (χ0) is 9.40. The maximum atomic E-state index is 12.1. The molecule has 1 N–H and O–H groups in total. The predicted molar refractivity (Wildman–Crippen MR) is 51.2 cm³/mol. The Hall–Kier alpha value is -0.150. The fraction of sp³-hybridized carbons (Fsp3) is 1.00. The molecule has 0 aliphatic rings. The maximum absolute atomic E-state index is 12.1. The largest absolute Gasteiger partial charge is 0.316 e. The van der Waals surface area contributed by atoms with Gasteiger partial charge in [-0.1, -0.05) is 6.92 Å². The van der Waals surface area contributed by atoms with Crippen LogP contribution in [0.2, 0.25) is 0 Å². The van der Waals surface area contributed by atoms with Gasteiger partial charge >= 0.3 is 0 Å². The number of nitrogens with one attached hydrogen (secondary N) is 1. The van der Waals surface area contributed by atoms with Crippen LogP contribution in [0.25, 0.3) is 0 Å². The van der Waals surface area contributed by atoms with Crippen molar-refractivity contribution in [2.45, 2.75) is 26.8 Å². The Bertz CT molecular complexity index is 96.5. The molecule has 0 radical (unpaired) electrons. The summed E-state index contributed by atoms with van der Waals surface area (Å²) in [5.74, 6) is 0. The molecule has 0 amide bonds. The van der Waals surface area contributed by atoms with E-state index in [9.17, 15) is 4.39 Å². The number of alkyl halides is 1. The van der Waals surface area contributed by atoms with Crippen molar-refractivity contribution in [2.75, 3.05) is 32.9 Å². The molecule has 2 nitrogen and oxygen atoms in total. The van der Waals surface area contributed by atoms with Crippen molar-refractivity contribution in [1.82, 2.24) is 10.2 Å². The molecular weight excluding hydrogens is 155 g/mol. The van der Waals surface area contributed by atoms with Gasteiger partial charge in [0.15, 0.2) is 0 Å². The Labute approximate surface area is 75.1 Å². The number of hydrogen-bond donors (Lipinski definition) is 1. The normalized spacial score (nSPS) is 11.5. The van der Waals surface area contributed by atoms with E-state index in [0.717, 1.165) is 19.6 Å². The smallest absolute Gasteiger partial charge is 0.102 e. The van der Waals surface area contributed by atoms with Gasteiger partial charge in [0.25, 0.3) is 0 Å². The lowest BCUT2D eigenvalue weighted by atomic mass is 10.3. The molecule has 74 valence electrons. The zero-order valence-electron chi connectivity index (χ0n) is 8.44. The summed E-state index contributed by atoms with van der Waals surface area (Å²) < 4.78 is 12.1. The van der Waals surface area contributed by atoms with Gasteiger partial charge in [-0.15, -0.1) is 0 Å². The Morgan fingerprint density at radius 2 is 2.00 bits per heavy atom. The van der Waals surface area contributed by atoms with E-state index in [1.807, 2.05) is 0 Å². The van der Waals surface area contributed by atoms with Gasteiger partial charge in [-0.2, -0.15) is 0 Å². The summed E-state index contributed by atoms with van der Waals surface area (Å²) in [6.07, 6.45) is 0. The van der Waals surface area contributed by atoms with Crippen LogP contribution in [0.4, 0.5) is 4.39 Å². The summed E-state index contributed by atoms with van der Waals surface area (Å²) in [5.41, 5.74) is 0. The van der Waals surface area contributed by atoms with E-state index in [1.165, 1.54) is 0 Å². The lowest BCUT2D eigenvalue weighted by Crippen LogP contribution is -2.38. The highest BCUT2D eigenvalue weighted by Gasteiger charge is 2.07. The third kappa shape index (κ3) is 5.49. The van der Waals surface area contributed by atoms with Gasteiger partial charge in [-0.25, -0.2) is 4.39 Å². The third-order valence-corrected chi connectivity index (χ3v) is 1.93. The van der Waals surface area contributed by atoms with E-state index in [1.54, 1.807) is 0 Å². The van der Waals surface area contributed by atoms with Gasteiger partial charge in [0, 0.05) is 25.7 Å². The van der Waals surface area contributed by atoms with E-state index < -0.39 is 0 Å². The molecule has 12 heavy (non-hydrogen) atoms. The molecule has 0 spiro atoms. The molecule has 0 saturated carbocycles. The highest BCUT2D eigenvalue weighted by molar-refractivity contribution is 4.63. The number of rotatable bonds is 7. The summed E-state index contributed by atoms with van der Waals surface area (Å²) >= 11 is 0. The van der Waals surface area contributed by atoms with Gasteiger partial charge in [0.2, 0.25) is 0 Å². The van der Waals surface area contributed by atoms with Crippen molar-refractivity contribution in [3.05, 3.63) is 0 Å². The molecule has 0 fully saturated rings. The highest BCUT2D eigenvalue weighted by atomic mass is 19.1. The fourth-order valence-corrected chi connectivity index (χ4v) is 1.14. The van der Waals surface area contributed by atoms with Crippen molar-refractivity contribution < 1.29 is 4.39 Å². The fourth-order valence-electron chi connectivity index (χ4n) is 1.14. The van der Waals surface area contributed by atoms with Gasteiger partial charge in [0.05, 0.1) is 0 Å². The molecule has 0 rings (SSSR count). The summed E-state index contributed by atoms with van der Waals surface area (Å²) in [7, 11) is 0. The summed E-state index contributed by atoms with van der Waals surface area (Å²) in [6.45, 7) is 9.47. The number of likely N-dealkylation sites (N-methyl/N-ethyl adjacent to an activating group) is 1. The molecule has 0 aromatic rings. The van der Waals surface area contributed by atoms with E-state index in [2.05, 4.69) is 31.0 Å². The number of nitrogens with zero attached hydrogens (tertiary/aromatic N) is 1. The topological polar surface area (TPSA) is 15.3 Å². The van der Waals surface area contributed by atoms with Crippen LogP contribution in [0, 0.1) is 0 Å². The molecule has 0 atom stereocenters. The molecule has 0 aromatic carbocycles. The first kappa shape index (κ1) is 11.8. The number of halogens is 1. The molecule has 0 bridgehead atoms. The van der Waals surface area contributed by atoms with Crippen molar-refractivity contribution in [1.29, 1.82) is 0 Å². The van der Waals surface area contributed by atoms with Crippen LogP contribution in [0.5, 0.6) is 0 Å². The monoisotopic (exact) mass is 176 g/mol. The first-order valence-corrected chi connectivity index (χ1v) is 4.73. The minimum absolute atomic E-state index is 0.246. The standard InChI is InChI=1S/C9H21FN2/c1-4-11-6-8-12(7-5-10)9(2)3/h9,11H,4-8H2,1-3H3. The van der Waals surface area contributed by atoms with Crippen LogP contribution >= 0.6 is 0 Å². The minimum atomic E-state index is -0.246. The van der Waals surface area contributed by atoms with Gasteiger partial charge in [-0.3, -0.25) is 4.90 Å². The Morgan fingerprint density at radius 3 is 2.42 bits per heavy atom. The SMILES string of the molecule is CCNCCN(CCF)C(C)C. The van der Waals surface area contributed by atoms with Crippen molar-refractivity contribution in [3.63, 3.8) is 0 Å². The molecular formula is C9H21FN2. The van der Waals surface area contributed by atoms with E-state index in [-0.39, 0.29) is 6.67 Å². The summed E-state index contributed by atoms with van der Waals surface area (Å²) in [4.78, 5) is 2.14. The highest BCUT2D eigenvalue weighted by Crippen LogP contribution is 1.96. The maximum Gasteiger partial charge on any atom is 0.102 e. The van der Waals surface area contributed by atoms with Crippen LogP contribution in [0.15, 0.2) is 0 Å². The van der Waals surface area contributed by atoms with Crippen LogP contribution in [0.1, 0.15) is 20.8 Å². The summed E-state index contributed by atoms with van der Waals surface area (Å²) in [6, 6.07) is 0.444. The molecule has 0 aliphatic heterocycles. The molecule has 3 heteroatoms. The second-order valence-electron chi connectivity index (χ2n) is 3.17. The molecule has 0 aliphatic carbocycles. The Kier molecular flexibility index (Phi) is 7.40. The van der Waals surface area contributed by atoms with Gasteiger partial charge < -0.3 is 5.32 Å². The molecule has 0 unspecified atom stereocenters. The van der Waals surface area contributed by atoms with E-state index in [0.29, 0.717) is 12.6 Å². The van der Waals surface area contributed by atoms with E-state index in [4.69, 9.17) is 0 Å². The van der Waals surface area contributed by atoms with Crippen molar-refractivity contribution >= 4 is 0 Å². The second-order valence-corrected chi connectivity index (χ2v) is 3.17. The van der Waals surface area contributed by atoms with E-state index >= 15 is 0 Å².